The van der Waals surface area contributed by atoms with Crippen molar-refractivity contribution in [3.8, 4) is 11.3 Å². The van der Waals surface area contributed by atoms with Crippen LogP contribution in [0.1, 0.15) is 64.1 Å². The number of rotatable bonds is 46. The van der Waals surface area contributed by atoms with E-state index < -0.39 is 17.6 Å². The molecule has 0 atom stereocenters. The molecule has 450 valence electrons. The number of carbonyl (C=O) groups excluding carboxylic acids is 3. The first-order valence-electron chi connectivity index (χ1n) is 27.6. The van der Waals surface area contributed by atoms with Gasteiger partial charge in [-0.25, -0.2) is 0 Å². The first kappa shape index (κ1) is 67.9. The van der Waals surface area contributed by atoms with Gasteiger partial charge in [0.25, 0.3) is 11.8 Å². The van der Waals surface area contributed by atoms with E-state index >= 15 is 0 Å². The van der Waals surface area contributed by atoms with Gasteiger partial charge in [-0.2, -0.15) is 13.2 Å². The number of benzene rings is 3. The van der Waals surface area contributed by atoms with Gasteiger partial charge in [0.05, 0.1) is 156 Å². The molecule has 0 saturated heterocycles. The number of nitrogens with one attached hydrogen (secondary N) is 2. The number of amides is 3. The number of ether oxygens (including phenoxy) is 11. The lowest BCUT2D eigenvalue weighted by atomic mass is 10.0. The van der Waals surface area contributed by atoms with Crippen molar-refractivity contribution in [1.82, 2.24) is 15.2 Å². The lowest BCUT2D eigenvalue weighted by Crippen LogP contribution is -2.31. The second kappa shape index (κ2) is 41.4. The number of pyridine rings is 1. The number of aromatic nitrogens is 1. The van der Waals surface area contributed by atoms with Gasteiger partial charge in [-0.15, -0.1) is 0 Å². The molecule has 0 spiro atoms. The first-order chi connectivity index (χ1) is 39.4. The summed E-state index contributed by atoms with van der Waals surface area (Å²) in [5.74, 6) is -0.846. The van der Waals surface area contributed by atoms with Gasteiger partial charge in [0.2, 0.25) is 5.91 Å². The maximum absolute atomic E-state index is 13.8. The Balaban J connectivity index is 1.01. The molecule has 2 N–H and O–H groups in total. The molecule has 0 bridgehead atoms. The smallest absolute Gasteiger partial charge is 0.382 e. The van der Waals surface area contributed by atoms with Crippen LogP contribution in [-0.2, 0) is 76.0 Å². The summed E-state index contributed by atoms with van der Waals surface area (Å²) in [6.45, 7) is 15.4. The molecule has 0 unspecified atom stereocenters. The molecule has 0 saturated carbocycles. The molecule has 3 aromatic carbocycles. The lowest BCUT2D eigenvalue weighted by molar-refractivity contribution is -0.137. The molecular formula is C59H84F3N5O14. The summed E-state index contributed by atoms with van der Waals surface area (Å²) in [6, 6.07) is 21.0. The van der Waals surface area contributed by atoms with E-state index in [0.29, 0.717) is 180 Å². The third-order valence-corrected chi connectivity index (χ3v) is 12.2. The van der Waals surface area contributed by atoms with Crippen molar-refractivity contribution in [3.05, 3.63) is 113 Å². The zero-order valence-corrected chi connectivity index (χ0v) is 47.6. The van der Waals surface area contributed by atoms with Crippen molar-refractivity contribution >= 4 is 29.1 Å². The average Bonchev–Trinajstić information content (AvgIpc) is 3.62. The normalized spacial score (nSPS) is 11.5. The predicted octanol–water partition coefficient (Wildman–Crippen LogP) is 7.39. The van der Waals surface area contributed by atoms with E-state index in [-0.39, 0.29) is 30.3 Å². The van der Waals surface area contributed by atoms with Crippen LogP contribution in [0.2, 0.25) is 0 Å². The summed E-state index contributed by atoms with van der Waals surface area (Å²) >= 11 is 0. The Morgan fingerprint density at radius 1 is 0.556 bits per heavy atom. The molecule has 0 radical (unpaired) electrons. The van der Waals surface area contributed by atoms with Crippen LogP contribution >= 0.6 is 0 Å². The van der Waals surface area contributed by atoms with E-state index in [1.165, 1.54) is 24.4 Å². The fourth-order valence-electron chi connectivity index (χ4n) is 7.72. The summed E-state index contributed by atoms with van der Waals surface area (Å²) in [5.41, 5.74) is 3.61. The highest BCUT2D eigenvalue weighted by molar-refractivity contribution is 6.06. The quantitative estimate of drug-likeness (QED) is 0.0415. The molecule has 81 heavy (non-hydrogen) atoms. The van der Waals surface area contributed by atoms with Crippen LogP contribution in [0.25, 0.3) is 11.3 Å². The number of halogens is 3. The standard InChI is InChI=1S/C59H84F3N5O14/c1-5-67(6-2)52-15-16-54(53(45-52)55-44-50(17-19-63-55)57(69)64-46-48-11-8-14-51(43-48)59(60,61)62)65-58(70)49-13-7-10-47(42-49)12-9-21-72-26-29-76-34-35-77-30-27-73-22-18-56(68)66(3)20-23-74-28-31-78-36-37-80-40-41-81-39-38-79-33-32-75-25-24-71-4/h7-8,10-11,13-17,19,42-45H,5-6,9,12,18,20-41,46H2,1-4H3,(H,64,69)(H,65,70). The van der Waals surface area contributed by atoms with Gasteiger partial charge in [0.1, 0.15) is 0 Å². The molecule has 0 aliphatic carbocycles. The Morgan fingerprint density at radius 2 is 1.07 bits per heavy atom. The molecule has 0 fully saturated rings. The van der Waals surface area contributed by atoms with Crippen LogP contribution in [0.3, 0.4) is 0 Å². The zero-order valence-electron chi connectivity index (χ0n) is 47.6. The third-order valence-electron chi connectivity index (χ3n) is 12.2. The Labute approximate surface area is 475 Å². The second-order valence-electron chi connectivity index (χ2n) is 18.2. The summed E-state index contributed by atoms with van der Waals surface area (Å²) in [7, 11) is 3.37. The monoisotopic (exact) mass is 1140 g/mol. The highest BCUT2D eigenvalue weighted by atomic mass is 19.4. The van der Waals surface area contributed by atoms with E-state index in [0.717, 1.165) is 42.9 Å². The summed E-state index contributed by atoms with van der Waals surface area (Å²) in [6.07, 6.45) is -1.34. The molecule has 3 amide bonds. The zero-order chi connectivity index (χ0) is 58.2. The third kappa shape index (κ3) is 28.8. The van der Waals surface area contributed by atoms with E-state index in [1.54, 1.807) is 31.2 Å². The van der Waals surface area contributed by atoms with Crippen LogP contribution in [0.15, 0.2) is 85.1 Å². The lowest BCUT2D eigenvalue weighted by Gasteiger charge is -2.23. The number of alkyl halides is 3. The minimum Gasteiger partial charge on any atom is -0.382 e. The predicted molar refractivity (Wildman–Crippen MR) is 301 cm³/mol. The minimum atomic E-state index is -4.50. The molecular weight excluding hydrogens is 1060 g/mol. The van der Waals surface area contributed by atoms with E-state index in [2.05, 4.69) is 20.5 Å². The number of nitrogens with zero attached hydrogens (tertiary/aromatic N) is 3. The fraction of sp³-hybridized carbons (Fsp3) is 0.559. The summed E-state index contributed by atoms with van der Waals surface area (Å²) < 4.78 is 100. The highest BCUT2D eigenvalue weighted by Crippen LogP contribution is 2.33. The largest absolute Gasteiger partial charge is 0.416 e. The van der Waals surface area contributed by atoms with Crippen LogP contribution in [0.5, 0.6) is 0 Å². The molecule has 19 nitrogen and oxygen atoms in total. The van der Waals surface area contributed by atoms with E-state index in [9.17, 15) is 27.6 Å². The fourth-order valence-corrected chi connectivity index (χ4v) is 7.72. The Bertz CT molecular complexity index is 2370. The molecule has 4 rings (SSSR count). The van der Waals surface area contributed by atoms with Gasteiger partial charge >= 0.3 is 6.18 Å². The first-order valence-corrected chi connectivity index (χ1v) is 27.6. The van der Waals surface area contributed by atoms with Crippen molar-refractivity contribution in [2.24, 2.45) is 0 Å². The molecule has 0 aliphatic heterocycles. The molecule has 0 aliphatic rings. The van der Waals surface area contributed by atoms with Gasteiger partial charge in [-0.3, -0.25) is 19.4 Å². The number of aryl methyl sites for hydroxylation is 1. The van der Waals surface area contributed by atoms with Gasteiger partial charge in [-0.1, -0.05) is 24.3 Å². The maximum atomic E-state index is 13.8. The SMILES string of the molecule is CCN(CC)c1ccc(NC(=O)c2cccc(CCCOCCOCCOCCOCCC(=O)N(C)CCOCCOCCOCCOCCOCCOCCOC)c2)c(-c2cc(C(=O)NCc3cccc(C(F)(F)F)c3)ccn2)c1. The van der Waals surface area contributed by atoms with E-state index in [4.69, 9.17) is 52.1 Å². The number of carbonyl (C=O) groups is 3. The van der Waals surface area contributed by atoms with Crippen LogP contribution in [0, 0.1) is 0 Å². The Kier molecular flexibility index (Phi) is 34.7. The number of anilines is 2. The van der Waals surface area contributed by atoms with Crippen LogP contribution in [0.4, 0.5) is 24.5 Å². The number of hydrogen-bond acceptors (Lipinski definition) is 16. The minimum absolute atomic E-state index is 0.0320. The van der Waals surface area contributed by atoms with Gasteiger partial charge in [-0.05, 0) is 92.4 Å². The van der Waals surface area contributed by atoms with Gasteiger partial charge in [0.15, 0.2) is 0 Å². The van der Waals surface area contributed by atoms with Crippen molar-refractivity contribution in [2.45, 2.75) is 45.8 Å². The highest BCUT2D eigenvalue weighted by Gasteiger charge is 2.30. The number of methoxy groups -OCH3 is 1. The number of hydrogen-bond donors (Lipinski definition) is 2. The number of likely N-dealkylation sites (N-methyl/N-ethyl adjacent to an activating group) is 1. The molecule has 4 aromatic rings. The van der Waals surface area contributed by atoms with Crippen LogP contribution in [-0.4, -0.2) is 200 Å². The summed E-state index contributed by atoms with van der Waals surface area (Å²) in [4.78, 5) is 47.8. The molecule has 1 aromatic heterocycles. The molecule has 1 heterocycles. The second-order valence-corrected chi connectivity index (χ2v) is 18.2. The van der Waals surface area contributed by atoms with Crippen molar-refractivity contribution in [1.29, 1.82) is 0 Å². The van der Waals surface area contributed by atoms with Crippen molar-refractivity contribution < 1.29 is 79.7 Å². The maximum Gasteiger partial charge on any atom is 0.416 e. The van der Waals surface area contributed by atoms with E-state index in [1.807, 2.05) is 50.2 Å². The van der Waals surface area contributed by atoms with Crippen molar-refractivity contribution in [2.75, 3.05) is 183 Å². The average molecular weight is 1140 g/mol. The van der Waals surface area contributed by atoms with Gasteiger partial charge in [0, 0.05) is 75.5 Å². The van der Waals surface area contributed by atoms with Crippen LogP contribution < -0.4 is 15.5 Å². The Hall–Kier alpha value is -5.63. The molecule has 22 heteroatoms. The summed E-state index contributed by atoms with van der Waals surface area (Å²) in [5, 5.41) is 5.75. The topological polar surface area (TPSA) is 196 Å². The Morgan fingerprint density at radius 3 is 1.64 bits per heavy atom. The van der Waals surface area contributed by atoms with Gasteiger partial charge < -0.3 is 72.5 Å². The van der Waals surface area contributed by atoms with Crippen molar-refractivity contribution in [3.63, 3.8) is 0 Å².